The van der Waals surface area contributed by atoms with Crippen molar-refractivity contribution in [3.05, 3.63) is 60.3 Å². The molecule has 1 saturated carbocycles. The van der Waals surface area contributed by atoms with Gasteiger partial charge in [-0.2, -0.15) is 0 Å². The van der Waals surface area contributed by atoms with Crippen molar-refractivity contribution in [2.75, 3.05) is 26.2 Å². The van der Waals surface area contributed by atoms with Crippen molar-refractivity contribution in [2.24, 2.45) is 0 Å². The molecule has 6 heteroatoms. The lowest BCUT2D eigenvalue weighted by molar-refractivity contribution is -0.161. The van der Waals surface area contributed by atoms with Crippen molar-refractivity contribution >= 4 is 22.7 Å². The molecule has 0 spiro atoms. The molecule has 0 unspecified atom stereocenters. The fourth-order valence-corrected chi connectivity index (χ4v) is 4.35. The van der Waals surface area contributed by atoms with Crippen molar-refractivity contribution in [2.45, 2.75) is 24.9 Å². The van der Waals surface area contributed by atoms with Crippen molar-refractivity contribution in [1.82, 2.24) is 14.8 Å². The summed E-state index contributed by atoms with van der Waals surface area (Å²) in [6.07, 6.45) is 3.92. The van der Waals surface area contributed by atoms with Gasteiger partial charge in [0, 0.05) is 43.5 Å². The molecule has 6 nitrogen and oxygen atoms in total. The number of benzene rings is 2. The quantitative estimate of drug-likeness (QED) is 0.706. The van der Waals surface area contributed by atoms with E-state index in [0.717, 1.165) is 23.1 Å². The van der Waals surface area contributed by atoms with Crippen molar-refractivity contribution in [3.8, 4) is 11.1 Å². The van der Waals surface area contributed by atoms with E-state index in [1.165, 1.54) is 5.39 Å². The van der Waals surface area contributed by atoms with Crippen LogP contribution in [0.1, 0.15) is 29.6 Å². The smallest absolute Gasteiger partial charge is 0.254 e. The molecule has 0 atom stereocenters. The number of aliphatic hydroxyl groups is 1. The van der Waals surface area contributed by atoms with E-state index < -0.39 is 5.60 Å². The molecule has 3 aromatic rings. The Kier molecular flexibility index (Phi) is 4.59. The minimum atomic E-state index is -1.16. The monoisotopic (exact) mass is 403 g/mol. The van der Waals surface area contributed by atoms with E-state index in [1.54, 1.807) is 9.80 Å². The number of fused-ring (bicyclic) bond motifs is 1. The molecule has 2 N–H and O–H groups in total. The predicted molar refractivity (Wildman–Crippen MR) is 115 cm³/mol. The summed E-state index contributed by atoms with van der Waals surface area (Å²) in [6, 6.07) is 16.0. The third kappa shape index (κ3) is 3.27. The van der Waals surface area contributed by atoms with E-state index in [-0.39, 0.29) is 11.8 Å². The lowest BCUT2D eigenvalue weighted by Crippen LogP contribution is -2.58. The second kappa shape index (κ2) is 7.29. The van der Waals surface area contributed by atoms with Gasteiger partial charge in [0.15, 0.2) is 0 Å². The van der Waals surface area contributed by atoms with Crippen LogP contribution in [0.2, 0.25) is 0 Å². The van der Waals surface area contributed by atoms with Gasteiger partial charge in [-0.3, -0.25) is 9.59 Å². The number of carbonyl (C=O) groups excluding carboxylic acids is 2. The number of hydrogen-bond donors (Lipinski definition) is 2. The minimum Gasteiger partial charge on any atom is -0.380 e. The van der Waals surface area contributed by atoms with Crippen LogP contribution in [0.5, 0.6) is 0 Å². The van der Waals surface area contributed by atoms with E-state index in [2.05, 4.69) is 23.2 Å². The summed E-state index contributed by atoms with van der Waals surface area (Å²) in [4.78, 5) is 32.1. The molecule has 2 heterocycles. The molecule has 30 heavy (non-hydrogen) atoms. The zero-order chi connectivity index (χ0) is 20.7. The van der Waals surface area contributed by atoms with E-state index in [4.69, 9.17) is 0 Å². The van der Waals surface area contributed by atoms with Crippen LogP contribution >= 0.6 is 0 Å². The summed E-state index contributed by atoms with van der Waals surface area (Å²) >= 11 is 0. The zero-order valence-electron chi connectivity index (χ0n) is 16.8. The fraction of sp³-hybridized carbons (Fsp3) is 0.333. The van der Waals surface area contributed by atoms with Gasteiger partial charge in [-0.15, -0.1) is 0 Å². The van der Waals surface area contributed by atoms with Crippen LogP contribution in [-0.2, 0) is 4.79 Å². The van der Waals surface area contributed by atoms with E-state index >= 15 is 0 Å². The second-order valence-electron chi connectivity index (χ2n) is 8.33. The summed E-state index contributed by atoms with van der Waals surface area (Å²) in [5.74, 6) is -0.194. The number of nitrogens with one attached hydrogen (secondary N) is 1. The highest BCUT2D eigenvalue weighted by atomic mass is 16.3. The largest absolute Gasteiger partial charge is 0.380 e. The maximum atomic E-state index is 12.9. The summed E-state index contributed by atoms with van der Waals surface area (Å²) in [7, 11) is 0. The van der Waals surface area contributed by atoms with Crippen LogP contribution in [-0.4, -0.2) is 63.5 Å². The number of carbonyl (C=O) groups is 2. The third-order valence-corrected chi connectivity index (χ3v) is 6.45. The Balaban J connectivity index is 1.24. The number of nitrogens with zero attached hydrogens (tertiary/aromatic N) is 2. The highest BCUT2D eigenvalue weighted by Gasteiger charge is 2.45. The molecule has 2 amide bonds. The molecule has 2 aliphatic rings. The molecular weight excluding hydrogens is 378 g/mol. The Labute approximate surface area is 175 Å². The summed E-state index contributed by atoms with van der Waals surface area (Å²) in [5.41, 5.74) is 2.74. The molecule has 1 saturated heterocycles. The molecule has 1 aliphatic heterocycles. The summed E-state index contributed by atoms with van der Waals surface area (Å²) in [6.45, 7) is 1.93. The lowest BCUT2D eigenvalue weighted by Gasteiger charge is -2.42. The first kappa shape index (κ1) is 18.9. The van der Waals surface area contributed by atoms with Crippen molar-refractivity contribution in [1.29, 1.82) is 0 Å². The van der Waals surface area contributed by atoms with Gasteiger partial charge >= 0.3 is 0 Å². The van der Waals surface area contributed by atoms with Gasteiger partial charge in [0.2, 0.25) is 0 Å². The third-order valence-electron chi connectivity index (χ3n) is 6.45. The van der Waals surface area contributed by atoms with Crippen LogP contribution in [0.25, 0.3) is 22.0 Å². The molecule has 1 aromatic heterocycles. The van der Waals surface area contributed by atoms with Crippen molar-refractivity contribution in [3.63, 3.8) is 0 Å². The number of rotatable bonds is 3. The minimum absolute atomic E-state index is 0.0178. The van der Waals surface area contributed by atoms with Gasteiger partial charge in [-0.05, 0) is 60.0 Å². The van der Waals surface area contributed by atoms with E-state index in [0.29, 0.717) is 44.6 Å². The number of hydrogen-bond acceptors (Lipinski definition) is 3. The average Bonchev–Trinajstić information content (AvgIpc) is 3.24. The van der Waals surface area contributed by atoms with Gasteiger partial charge in [0.1, 0.15) is 5.60 Å². The first-order valence-electron chi connectivity index (χ1n) is 10.5. The molecule has 2 fully saturated rings. The Bertz CT molecular complexity index is 1090. The molecule has 5 rings (SSSR count). The van der Waals surface area contributed by atoms with E-state index in [1.807, 2.05) is 36.5 Å². The topological polar surface area (TPSA) is 76.6 Å². The SMILES string of the molecule is O=C(c1ccc(-c2ccc3cc[nH]c3c2)cc1)N1CCN(C(=O)C2(O)CCC2)CC1. The van der Waals surface area contributed by atoms with Gasteiger partial charge in [-0.25, -0.2) is 0 Å². The van der Waals surface area contributed by atoms with Crippen LogP contribution in [0, 0.1) is 0 Å². The zero-order valence-corrected chi connectivity index (χ0v) is 16.8. The van der Waals surface area contributed by atoms with Gasteiger partial charge in [0.05, 0.1) is 0 Å². The number of piperazine rings is 1. The Morgan fingerprint density at radius 3 is 2.20 bits per heavy atom. The Morgan fingerprint density at radius 1 is 0.867 bits per heavy atom. The number of aromatic amines is 1. The maximum Gasteiger partial charge on any atom is 0.254 e. The summed E-state index contributed by atoms with van der Waals surface area (Å²) < 4.78 is 0. The maximum absolute atomic E-state index is 12.9. The highest BCUT2D eigenvalue weighted by Crippen LogP contribution is 2.33. The number of amides is 2. The van der Waals surface area contributed by atoms with Crippen LogP contribution < -0.4 is 0 Å². The van der Waals surface area contributed by atoms with Gasteiger partial charge < -0.3 is 19.9 Å². The van der Waals surface area contributed by atoms with Gasteiger partial charge in [0.25, 0.3) is 11.8 Å². The first-order valence-corrected chi connectivity index (χ1v) is 10.5. The van der Waals surface area contributed by atoms with E-state index in [9.17, 15) is 14.7 Å². The van der Waals surface area contributed by atoms with Gasteiger partial charge in [-0.1, -0.05) is 24.3 Å². The molecule has 154 valence electrons. The van der Waals surface area contributed by atoms with Crippen LogP contribution in [0.15, 0.2) is 54.7 Å². The van der Waals surface area contributed by atoms with Crippen molar-refractivity contribution < 1.29 is 14.7 Å². The van der Waals surface area contributed by atoms with Crippen LogP contribution in [0.3, 0.4) is 0 Å². The normalized spacial score (nSPS) is 18.3. The fourth-order valence-electron chi connectivity index (χ4n) is 4.35. The predicted octanol–water partition coefficient (Wildman–Crippen LogP) is 3.03. The molecule has 0 bridgehead atoms. The highest BCUT2D eigenvalue weighted by molar-refractivity contribution is 5.95. The number of H-pyrrole nitrogens is 1. The molecule has 1 aliphatic carbocycles. The average molecular weight is 403 g/mol. The first-order chi connectivity index (χ1) is 14.5. The lowest BCUT2D eigenvalue weighted by atomic mass is 9.79. The Hall–Kier alpha value is -3.12. The standard InChI is InChI=1S/C24H25N3O3/c28-22(26-12-14-27(15-13-26)23(29)24(30)9-1-10-24)19-5-2-17(3-6-19)20-7-4-18-8-11-25-21(18)16-20/h2-8,11,16,25,30H,1,9-10,12-15H2. The number of aromatic nitrogens is 1. The van der Waals surface area contributed by atoms with Crippen LogP contribution in [0.4, 0.5) is 0 Å². The molecule has 2 aromatic carbocycles. The molecular formula is C24H25N3O3. The molecule has 0 radical (unpaired) electrons. The second-order valence-corrected chi connectivity index (χ2v) is 8.33. The Morgan fingerprint density at radius 2 is 1.53 bits per heavy atom. The summed E-state index contributed by atoms with van der Waals surface area (Å²) in [5, 5.41) is 11.4.